The Bertz CT molecular complexity index is 202. The van der Waals surface area contributed by atoms with Gasteiger partial charge in [-0.05, 0) is 52.2 Å². The van der Waals surface area contributed by atoms with Gasteiger partial charge in [-0.25, -0.2) is 0 Å². The number of β-amino-alcohol motifs (C(OH)–C–C–N with tert-alkyl or cyclic N) is 1. The zero-order valence-electron chi connectivity index (χ0n) is 12.0. The van der Waals surface area contributed by atoms with E-state index in [0.29, 0.717) is 6.04 Å². The minimum atomic E-state index is -0.201. The minimum Gasteiger partial charge on any atom is -0.390 e. The summed E-state index contributed by atoms with van der Waals surface area (Å²) in [7, 11) is 2.13. The first-order chi connectivity index (χ1) is 7.99. The molecular formula is C14H30N2O. The molecule has 1 aliphatic heterocycles. The van der Waals surface area contributed by atoms with Gasteiger partial charge in [-0.2, -0.15) is 0 Å². The van der Waals surface area contributed by atoms with E-state index < -0.39 is 0 Å². The fourth-order valence-electron chi connectivity index (χ4n) is 2.70. The van der Waals surface area contributed by atoms with Crippen LogP contribution >= 0.6 is 0 Å². The Labute approximate surface area is 107 Å². The van der Waals surface area contributed by atoms with Crippen molar-refractivity contribution in [1.82, 2.24) is 9.80 Å². The maximum atomic E-state index is 10.1. The minimum absolute atomic E-state index is 0.201. The van der Waals surface area contributed by atoms with Crippen LogP contribution in [0, 0.1) is 5.92 Å². The molecule has 0 aromatic heterocycles. The van der Waals surface area contributed by atoms with E-state index in [1.807, 2.05) is 0 Å². The molecular weight excluding hydrogens is 212 g/mol. The standard InChI is InChI=1S/C14H30N2O/c1-12(2)9-13(3)15(4)10-14(17)11-16-7-5-6-8-16/h12-14,17H,5-11H2,1-4H3/t13-,14-/m1/s1. The molecule has 0 saturated carbocycles. The molecule has 102 valence electrons. The molecule has 0 spiro atoms. The van der Waals surface area contributed by atoms with Crippen molar-refractivity contribution in [3.8, 4) is 0 Å². The average Bonchev–Trinajstić information content (AvgIpc) is 2.68. The van der Waals surface area contributed by atoms with Gasteiger partial charge in [0.2, 0.25) is 0 Å². The molecule has 1 rings (SSSR count). The lowest BCUT2D eigenvalue weighted by Gasteiger charge is -2.29. The molecule has 17 heavy (non-hydrogen) atoms. The predicted octanol–water partition coefficient (Wildman–Crippen LogP) is 1.81. The molecule has 0 unspecified atom stereocenters. The van der Waals surface area contributed by atoms with Gasteiger partial charge >= 0.3 is 0 Å². The van der Waals surface area contributed by atoms with Crippen molar-refractivity contribution in [1.29, 1.82) is 0 Å². The molecule has 3 heteroatoms. The number of likely N-dealkylation sites (N-methyl/N-ethyl adjacent to an activating group) is 1. The van der Waals surface area contributed by atoms with Crippen molar-refractivity contribution in [2.45, 2.75) is 52.2 Å². The average molecular weight is 242 g/mol. The van der Waals surface area contributed by atoms with Crippen LogP contribution in [0.15, 0.2) is 0 Å². The first kappa shape index (κ1) is 14.9. The van der Waals surface area contributed by atoms with Crippen molar-refractivity contribution >= 4 is 0 Å². The number of aliphatic hydroxyl groups excluding tert-OH is 1. The summed E-state index contributed by atoms with van der Waals surface area (Å²) in [5, 5.41) is 10.1. The second kappa shape index (κ2) is 7.34. The number of likely N-dealkylation sites (tertiary alicyclic amines) is 1. The quantitative estimate of drug-likeness (QED) is 0.737. The van der Waals surface area contributed by atoms with Crippen molar-refractivity contribution in [2.75, 3.05) is 33.2 Å². The maximum Gasteiger partial charge on any atom is 0.0793 e. The van der Waals surface area contributed by atoms with Gasteiger partial charge in [0, 0.05) is 19.1 Å². The summed E-state index contributed by atoms with van der Waals surface area (Å²) in [4.78, 5) is 4.67. The second-order valence-corrected chi connectivity index (χ2v) is 6.08. The molecule has 0 aromatic carbocycles. The van der Waals surface area contributed by atoms with Gasteiger partial charge in [0.15, 0.2) is 0 Å². The Kier molecular flexibility index (Phi) is 6.45. The Morgan fingerprint density at radius 3 is 2.29 bits per heavy atom. The summed E-state index contributed by atoms with van der Waals surface area (Å²) < 4.78 is 0. The smallest absolute Gasteiger partial charge is 0.0793 e. The third-order valence-corrected chi connectivity index (χ3v) is 3.73. The Balaban J connectivity index is 2.21. The predicted molar refractivity (Wildman–Crippen MR) is 73.2 cm³/mol. The molecule has 0 amide bonds. The highest BCUT2D eigenvalue weighted by Crippen LogP contribution is 2.11. The SMILES string of the molecule is CC(C)C[C@@H](C)N(C)C[C@@H](O)CN1CCCC1. The molecule has 0 aromatic rings. The fraction of sp³-hybridized carbons (Fsp3) is 1.00. The number of hydrogen-bond donors (Lipinski definition) is 1. The fourth-order valence-corrected chi connectivity index (χ4v) is 2.70. The van der Waals surface area contributed by atoms with E-state index in [-0.39, 0.29) is 6.10 Å². The molecule has 0 aliphatic carbocycles. The van der Waals surface area contributed by atoms with Crippen LogP contribution in [-0.2, 0) is 0 Å². The molecule has 3 nitrogen and oxygen atoms in total. The van der Waals surface area contributed by atoms with E-state index in [0.717, 1.165) is 19.0 Å². The van der Waals surface area contributed by atoms with Crippen LogP contribution in [-0.4, -0.2) is 60.3 Å². The topological polar surface area (TPSA) is 26.7 Å². The van der Waals surface area contributed by atoms with Crippen molar-refractivity contribution in [3.05, 3.63) is 0 Å². The number of hydrogen-bond acceptors (Lipinski definition) is 3. The third kappa shape index (κ3) is 5.84. The second-order valence-electron chi connectivity index (χ2n) is 6.08. The van der Waals surface area contributed by atoms with E-state index in [4.69, 9.17) is 0 Å². The van der Waals surface area contributed by atoms with E-state index in [1.165, 1.54) is 32.4 Å². The highest BCUT2D eigenvalue weighted by Gasteiger charge is 2.19. The zero-order chi connectivity index (χ0) is 12.8. The van der Waals surface area contributed by atoms with Gasteiger partial charge in [0.05, 0.1) is 6.10 Å². The summed E-state index contributed by atoms with van der Waals surface area (Å²) in [6.45, 7) is 10.7. The summed E-state index contributed by atoms with van der Waals surface area (Å²) in [6.07, 6.45) is 3.60. The van der Waals surface area contributed by atoms with Crippen LogP contribution in [0.1, 0.15) is 40.0 Å². The molecule has 1 N–H and O–H groups in total. The number of rotatable bonds is 7. The summed E-state index contributed by atoms with van der Waals surface area (Å²) >= 11 is 0. The van der Waals surface area contributed by atoms with Crippen LogP contribution in [0.5, 0.6) is 0 Å². The molecule has 0 radical (unpaired) electrons. The van der Waals surface area contributed by atoms with Crippen LogP contribution in [0.2, 0.25) is 0 Å². The van der Waals surface area contributed by atoms with E-state index in [1.54, 1.807) is 0 Å². The summed E-state index contributed by atoms with van der Waals surface area (Å²) in [6, 6.07) is 0.559. The van der Waals surface area contributed by atoms with E-state index >= 15 is 0 Å². The highest BCUT2D eigenvalue weighted by atomic mass is 16.3. The van der Waals surface area contributed by atoms with E-state index in [2.05, 4.69) is 37.6 Å². The van der Waals surface area contributed by atoms with Crippen LogP contribution < -0.4 is 0 Å². The van der Waals surface area contributed by atoms with Gasteiger partial charge in [-0.15, -0.1) is 0 Å². The summed E-state index contributed by atoms with van der Waals surface area (Å²) in [5.41, 5.74) is 0. The lowest BCUT2D eigenvalue weighted by Crippen LogP contribution is -2.41. The highest BCUT2D eigenvalue weighted by molar-refractivity contribution is 4.74. The van der Waals surface area contributed by atoms with Gasteiger partial charge in [-0.1, -0.05) is 13.8 Å². The Morgan fingerprint density at radius 1 is 1.18 bits per heavy atom. The molecule has 2 atom stereocenters. The van der Waals surface area contributed by atoms with Crippen LogP contribution in [0.25, 0.3) is 0 Å². The first-order valence-corrected chi connectivity index (χ1v) is 7.09. The van der Waals surface area contributed by atoms with Crippen molar-refractivity contribution in [2.24, 2.45) is 5.92 Å². The van der Waals surface area contributed by atoms with Gasteiger partial charge < -0.3 is 14.9 Å². The summed E-state index contributed by atoms with van der Waals surface area (Å²) in [5.74, 6) is 0.725. The van der Waals surface area contributed by atoms with Crippen molar-refractivity contribution < 1.29 is 5.11 Å². The maximum absolute atomic E-state index is 10.1. The lowest BCUT2D eigenvalue weighted by atomic mass is 10.0. The number of nitrogens with zero attached hydrogens (tertiary/aromatic N) is 2. The molecule has 0 bridgehead atoms. The van der Waals surface area contributed by atoms with Gasteiger partial charge in [-0.3, -0.25) is 0 Å². The lowest BCUT2D eigenvalue weighted by molar-refractivity contribution is 0.0744. The zero-order valence-corrected chi connectivity index (χ0v) is 12.0. The Morgan fingerprint density at radius 2 is 1.76 bits per heavy atom. The Hall–Kier alpha value is -0.120. The largest absolute Gasteiger partial charge is 0.390 e. The molecule has 1 fully saturated rings. The third-order valence-electron chi connectivity index (χ3n) is 3.73. The van der Waals surface area contributed by atoms with Crippen molar-refractivity contribution in [3.63, 3.8) is 0 Å². The molecule has 1 heterocycles. The van der Waals surface area contributed by atoms with Crippen LogP contribution in [0.4, 0.5) is 0 Å². The first-order valence-electron chi connectivity index (χ1n) is 7.09. The normalized spacial score (nSPS) is 21.4. The van der Waals surface area contributed by atoms with Crippen LogP contribution in [0.3, 0.4) is 0 Å². The number of aliphatic hydroxyl groups is 1. The monoisotopic (exact) mass is 242 g/mol. The molecule has 1 saturated heterocycles. The molecule has 1 aliphatic rings. The van der Waals surface area contributed by atoms with E-state index in [9.17, 15) is 5.11 Å². The van der Waals surface area contributed by atoms with Gasteiger partial charge in [0.25, 0.3) is 0 Å². The van der Waals surface area contributed by atoms with Gasteiger partial charge in [0.1, 0.15) is 0 Å².